The molecule has 14 heavy (non-hydrogen) atoms. The first-order valence-electron chi connectivity index (χ1n) is 4.90. The number of aromatic amines is 1. The monoisotopic (exact) mass is 190 g/mol. The van der Waals surface area contributed by atoms with Crippen molar-refractivity contribution in [1.82, 2.24) is 15.0 Å². The number of fused-ring (bicyclic) bond motifs is 1. The fraction of sp³-hybridized carbons (Fsp3) is 0.400. The highest BCUT2D eigenvalue weighted by atomic mass is 15.0. The lowest BCUT2D eigenvalue weighted by atomic mass is 10.2. The second-order valence-electron chi connectivity index (χ2n) is 3.39. The fourth-order valence-electron chi connectivity index (χ4n) is 1.42. The van der Waals surface area contributed by atoms with Crippen molar-refractivity contribution in [2.75, 3.05) is 5.73 Å². The number of nitrogen functional groups attached to an aromatic ring is 1. The zero-order valence-electron chi connectivity index (χ0n) is 8.25. The zero-order valence-corrected chi connectivity index (χ0v) is 8.25. The minimum absolute atomic E-state index is 0.519. The van der Waals surface area contributed by atoms with Crippen LogP contribution in [0.5, 0.6) is 0 Å². The van der Waals surface area contributed by atoms with Crippen LogP contribution in [-0.4, -0.2) is 15.0 Å². The summed E-state index contributed by atoms with van der Waals surface area (Å²) in [6.45, 7) is 2.17. The molecule has 0 bridgehead atoms. The number of hydrogen-bond donors (Lipinski definition) is 2. The molecule has 4 nitrogen and oxygen atoms in total. The van der Waals surface area contributed by atoms with E-state index in [4.69, 9.17) is 5.73 Å². The van der Waals surface area contributed by atoms with Gasteiger partial charge in [-0.3, -0.25) is 0 Å². The van der Waals surface area contributed by atoms with Gasteiger partial charge in [0.15, 0.2) is 5.65 Å². The third-order valence-corrected chi connectivity index (χ3v) is 2.18. The number of hydrogen-bond acceptors (Lipinski definition) is 3. The first kappa shape index (κ1) is 8.99. The van der Waals surface area contributed by atoms with Crippen LogP contribution >= 0.6 is 0 Å². The van der Waals surface area contributed by atoms with Gasteiger partial charge in [-0.15, -0.1) is 0 Å². The van der Waals surface area contributed by atoms with Crippen molar-refractivity contribution >= 4 is 17.0 Å². The Morgan fingerprint density at radius 1 is 1.36 bits per heavy atom. The van der Waals surface area contributed by atoms with Gasteiger partial charge in [0.2, 0.25) is 0 Å². The van der Waals surface area contributed by atoms with Gasteiger partial charge in [-0.1, -0.05) is 13.3 Å². The molecule has 2 aromatic rings. The number of unbranched alkanes of at least 4 members (excludes halogenated alkanes) is 1. The molecular weight excluding hydrogens is 176 g/mol. The molecule has 0 unspecified atom stereocenters. The lowest BCUT2D eigenvalue weighted by molar-refractivity contribution is 0.764. The number of nitrogens with zero attached hydrogens (tertiary/aromatic N) is 2. The summed E-state index contributed by atoms with van der Waals surface area (Å²) in [5.74, 6) is 1.52. The Bertz CT molecular complexity index is 433. The number of H-pyrrole nitrogens is 1. The molecule has 0 radical (unpaired) electrons. The van der Waals surface area contributed by atoms with E-state index in [1.54, 1.807) is 6.07 Å². The Morgan fingerprint density at radius 3 is 3.00 bits per heavy atom. The number of nitrogens with two attached hydrogens (primary N) is 1. The minimum atomic E-state index is 0.519. The molecule has 2 rings (SSSR count). The molecule has 74 valence electrons. The number of anilines is 1. The van der Waals surface area contributed by atoms with Gasteiger partial charge in [0.25, 0.3) is 0 Å². The highest BCUT2D eigenvalue weighted by Gasteiger charge is 2.03. The van der Waals surface area contributed by atoms with Gasteiger partial charge in [-0.2, -0.15) is 0 Å². The van der Waals surface area contributed by atoms with E-state index in [1.807, 2.05) is 6.07 Å². The second-order valence-corrected chi connectivity index (χ2v) is 3.39. The smallest absolute Gasteiger partial charge is 0.179 e. The molecule has 0 saturated carbocycles. The molecule has 0 fully saturated rings. The van der Waals surface area contributed by atoms with E-state index in [2.05, 4.69) is 21.9 Å². The molecule has 0 aromatic carbocycles. The normalized spacial score (nSPS) is 10.9. The molecule has 2 aromatic heterocycles. The van der Waals surface area contributed by atoms with Gasteiger partial charge in [0.05, 0.1) is 5.52 Å². The second kappa shape index (κ2) is 3.65. The van der Waals surface area contributed by atoms with Crippen molar-refractivity contribution < 1.29 is 0 Å². The van der Waals surface area contributed by atoms with E-state index in [1.165, 1.54) is 6.42 Å². The van der Waals surface area contributed by atoms with E-state index in [0.717, 1.165) is 29.8 Å². The summed E-state index contributed by atoms with van der Waals surface area (Å²) < 4.78 is 0. The first-order chi connectivity index (χ1) is 6.79. The Hall–Kier alpha value is -1.58. The van der Waals surface area contributed by atoms with Crippen LogP contribution in [0.2, 0.25) is 0 Å². The molecule has 0 saturated heterocycles. The fourth-order valence-corrected chi connectivity index (χ4v) is 1.42. The van der Waals surface area contributed by atoms with E-state index >= 15 is 0 Å². The lowest BCUT2D eigenvalue weighted by Gasteiger charge is -1.90. The van der Waals surface area contributed by atoms with Gasteiger partial charge in [0.1, 0.15) is 11.6 Å². The summed E-state index contributed by atoms with van der Waals surface area (Å²) in [4.78, 5) is 11.7. The topological polar surface area (TPSA) is 67.6 Å². The van der Waals surface area contributed by atoms with Crippen LogP contribution in [0, 0.1) is 0 Å². The van der Waals surface area contributed by atoms with Crippen LogP contribution in [0.25, 0.3) is 11.2 Å². The van der Waals surface area contributed by atoms with E-state index in [9.17, 15) is 0 Å². The summed E-state index contributed by atoms with van der Waals surface area (Å²) in [6.07, 6.45) is 3.30. The van der Waals surface area contributed by atoms with Gasteiger partial charge >= 0.3 is 0 Å². The van der Waals surface area contributed by atoms with Crippen molar-refractivity contribution in [1.29, 1.82) is 0 Å². The zero-order chi connectivity index (χ0) is 9.97. The molecule has 0 aliphatic heterocycles. The number of imidazole rings is 1. The van der Waals surface area contributed by atoms with E-state index in [-0.39, 0.29) is 0 Å². The number of aryl methyl sites for hydroxylation is 1. The number of nitrogens with one attached hydrogen (secondary N) is 1. The van der Waals surface area contributed by atoms with Crippen LogP contribution < -0.4 is 5.73 Å². The van der Waals surface area contributed by atoms with Gasteiger partial charge in [-0.05, 0) is 18.6 Å². The van der Waals surface area contributed by atoms with Gasteiger partial charge < -0.3 is 10.7 Å². The number of aromatic nitrogens is 3. The van der Waals surface area contributed by atoms with Crippen molar-refractivity contribution in [2.45, 2.75) is 26.2 Å². The molecular formula is C10H14N4. The minimum Gasteiger partial charge on any atom is -0.384 e. The first-order valence-corrected chi connectivity index (χ1v) is 4.90. The number of rotatable bonds is 3. The molecule has 0 amide bonds. The predicted octanol–water partition coefficient (Wildman–Crippen LogP) is 1.88. The Kier molecular flexibility index (Phi) is 2.35. The standard InChI is InChI=1S/C10H14N4/c1-2-3-4-9-12-7-5-6-8(11)13-10(7)14-9/h5-6H,2-4H2,1H3,(H3,11,12,13,14). The Morgan fingerprint density at radius 2 is 2.21 bits per heavy atom. The summed E-state index contributed by atoms with van der Waals surface area (Å²) >= 11 is 0. The van der Waals surface area contributed by atoms with Crippen molar-refractivity contribution in [3.63, 3.8) is 0 Å². The highest BCUT2D eigenvalue weighted by Crippen LogP contribution is 2.12. The summed E-state index contributed by atoms with van der Waals surface area (Å²) in [6, 6.07) is 3.70. The van der Waals surface area contributed by atoms with Gasteiger partial charge in [-0.25, -0.2) is 9.97 Å². The van der Waals surface area contributed by atoms with E-state index in [0.29, 0.717) is 5.82 Å². The SMILES string of the molecule is CCCCc1nc2nc(N)ccc2[nH]1. The maximum atomic E-state index is 5.57. The average Bonchev–Trinajstić information content (AvgIpc) is 2.56. The Balaban J connectivity index is 2.32. The van der Waals surface area contributed by atoms with Crippen LogP contribution in [0.15, 0.2) is 12.1 Å². The van der Waals surface area contributed by atoms with Gasteiger partial charge in [0, 0.05) is 6.42 Å². The van der Waals surface area contributed by atoms with Crippen molar-refractivity contribution in [2.24, 2.45) is 0 Å². The molecule has 0 atom stereocenters. The van der Waals surface area contributed by atoms with Crippen LogP contribution in [0.4, 0.5) is 5.82 Å². The largest absolute Gasteiger partial charge is 0.384 e. The van der Waals surface area contributed by atoms with Crippen LogP contribution in [0.1, 0.15) is 25.6 Å². The summed E-state index contributed by atoms with van der Waals surface area (Å²) in [7, 11) is 0. The Labute approximate surface area is 82.6 Å². The third kappa shape index (κ3) is 1.69. The third-order valence-electron chi connectivity index (χ3n) is 2.18. The van der Waals surface area contributed by atoms with Crippen molar-refractivity contribution in [3.05, 3.63) is 18.0 Å². The maximum Gasteiger partial charge on any atom is 0.179 e. The van der Waals surface area contributed by atoms with Crippen molar-refractivity contribution in [3.8, 4) is 0 Å². The molecule has 0 aliphatic carbocycles. The average molecular weight is 190 g/mol. The van der Waals surface area contributed by atoms with Crippen LogP contribution in [-0.2, 0) is 6.42 Å². The van der Waals surface area contributed by atoms with E-state index < -0.39 is 0 Å². The number of pyridine rings is 1. The highest BCUT2D eigenvalue weighted by molar-refractivity contribution is 5.72. The molecule has 4 heteroatoms. The summed E-state index contributed by atoms with van der Waals surface area (Å²) in [5, 5.41) is 0. The quantitative estimate of drug-likeness (QED) is 0.776. The molecule has 2 heterocycles. The molecule has 0 spiro atoms. The molecule has 0 aliphatic rings. The van der Waals surface area contributed by atoms with Crippen LogP contribution in [0.3, 0.4) is 0 Å². The summed E-state index contributed by atoms with van der Waals surface area (Å²) in [5.41, 5.74) is 7.25. The predicted molar refractivity (Wildman–Crippen MR) is 56.9 cm³/mol. The molecule has 3 N–H and O–H groups in total. The lowest BCUT2D eigenvalue weighted by Crippen LogP contribution is -1.89. The maximum absolute atomic E-state index is 5.57.